The fourth-order valence-corrected chi connectivity index (χ4v) is 3.58. The molecule has 134 valence electrons. The van der Waals surface area contributed by atoms with Crippen LogP contribution in [0, 0.1) is 5.92 Å². The van der Waals surface area contributed by atoms with E-state index in [-0.39, 0.29) is 11.8 Å². The fraction of sp³-hybridized carbons (Fsp3) is 0.824. The summed E-state index contributed by atoms with van der Waals surface area (Å²) in [5, 5.41) is 4.09. The molecule has 0 aromatic carbocycles. The van der Waals surface area contributed by atoms with Crippen molar-refractivity contribution in [1.82, 2.24) is 15.0 Å². The fourth-order valence-electron chi connectivity index (χ4n) is 3.58. The number of hydrogen-bond acceptors (Lipinski definition) is 6. The quantitative estimate of drug-likeness (QED) is 0.709. The van der Waals surface area contributed by atoms with E-state index in [9.17, 15) is 4.79 Å². The minimum atomic E-state index is 0.266. The average Bonchev–Trinajstić information content (AvgIpc) is 3.30. The Labute approximate surface area is 142 Å². The first kappa shape index (κ1) is 17.4. The van der Waals surface area contributed by atoms with Gasteiger partial charge in [0.05, 0.1) is 13.2 Å². The Kier molecular flexibility index (Phi) is 6.20. The molecule has 0 radical (unpaired) electrons. The molecular formula is C17H27N3O4. The summed E-state index contributed by atoms with van der Waals surface area (Å²) in [7, 11) is 1.64. The van der Waals surface area contributed by atoms with Gasteiger partial charge in [-0.1, -0.05) is 18.0 Å². The second kappa shape index (κ2) is 8.58. The number of methoxy groups -OCH3 is 1. The highest BCUT2D eigenvalue weighted by molar-refractivity contribution is 5.79. The molecule has 1 saturated carbocycles. The molecule has 1 aromatic heterocycles. The predicted molar refractivity (Wildman–Crippen MR) is 86.3 cm³/mol. The maximum atomic E-state index is 12.5. The van der Waals surface area contributed by atoms with Crippen LogP contribution in [-0.4, -0.2) is 54.4 Å². The van der Waals surface area contributed by atoms with E-state index in [1.807, 2.05) is 4.90 Å². The molecule has 2 aliphatic rings. The van der Waals surface area contributed by atoms with Gasteiger partial charge >= 0.3 is 0 Å². The van der Waals surface area contributed by atoms with Crippen molar-refractivity contribution in [3.05, 3.63) is 11.7 Å². The van der Waals surface area contributed by atoms with Crippen LogP contribution in [-0.2, 0) is 20.9 Å². The van der Waals surface area contributed by atoms with E-state index in [4.69, 9.17) is 14.0 Å². The number of likely N-dealkylation sites (tertiary alicyclic amines) is 1. The number of aromatic nitrogens is 2. The molecule has 7 heteroatoms. The molecule has 0 unspecified atom stereocenters. The van der Waals surface area contributed by atoms with Gasteiger partial charge in [-0.25, -0.2) is 0 Å². The Morgan fingerprint density at radius 3 is 2.67 bits per heavy atom. The zero-order valence-electron chi connectivity index (χ0n) is 14.4. The van der Waals surface area contributed by atoms with Crippen LogP contribution in [0.3, 0.4) is 0 Å². The van der Waals surface area contributed by atoms with Gasteiger partial charge in [0.25, 0.3) is 5.89 Å². The van der Waals surface area contributed by atoms with Crippen LogP contribution in [0.1, 0.15) is 56.2 Å². The minimum Gasteiger partial charge on any atom is -0.382 e. The van der Waals surface area contributed by atoms with Gasteiger partial charge in [0.2, 0.25) is 5.91 Å². The molecule has 1 amide bonds. The summed E-state index contributed by atoms with van der Waals surface area (Å²) in [6, 6.07) is 0. The normalized spacial score (nSPS) is 20.0. The monoisotopic (exact) mass is 337 g/mol. The zero-order valence-corrected chi connectivity index (χ0v) is 14.4. The lowest BCUT2D eigenvalue weighted by Crippen LogP contribution is -2.40. The van der Waals surface area contributed by atoms with Crippen LogP contribution in [0.25, 0.3) is 0 Å². The second-order valence-electron chi connectivity index (χ2n) is 6.67. The number of hydrogen-bond donors (Lipinski definition) is 0. The van der Waals surface area contributed by atoms with Crippen LogP contribution >= 0.6 is 0 Å². The zero-order chi connectivity index (χ0) is 16.8. The highest BCUT2D eigenvalue weighted by Gasteiger charge is 2.31. The topological polar surface area (TPSA) is 77.7 Å². The minimum absolute atomic E-state index is 0.266. The second-order valence-corrected chi connectivity index (χ2v) is 6.67. The molecular weight excluding hydrogens is 310 g/mol. The number of carbonyl (C=O) groups excluding carboxylic acids is 1. The van der Waals surface area contributed by atoms with Crippen molar-refractivity contribution in [2.75, 3.05) is 33.4 Å². The summed E-state index contributed by atoms with van der Waals surface area (Å²) in [4.78, 5) is 18.9. The maximum Gasteiger partial charge on any atom is 0.252 e. The number of ether oxygens (including phenoxy) is 2. The first-order chi connectivity index (χ1) is 11.8. The van der Waals surface area contributed by atoms with Crippen molar-refractivity contribution in [2.24, 2.45) is 5.92 Å². The summed E-state index contributed by atoms with van der Waals surface area (Å²) in [5.41, 5.74) is 0. The van der Waals surface area contributed by atoms with E-state index >= 15 is 0 Å². The molecule has 0 spiro atoms. The molecule has 24 heavy (non-hydrogen) atoms. The molecule has 0 atom stereocenters. The van der Waals surface area contributed by atoms with Crippen LogP contribution in [0.5, 0.6) is 0 Å². The summed E-state index contributed by atoms with van der Waals surface area (Å²) in [6.45, 7) is 2.97. The average molecular weight is 337 g/mol. The van der Waals surface area contributed by atoms with E-state index in [1.54, 1.807) is 7.11 Å². The van der Waals surface area contributed by atoms with E-state index in [0.29, 0.717) is 31.6 Å². The van der Waals surface area contributed by atoms with Crippen LogP contribution in [0.4, 0.5) is 0 Å². The SMILES string of the molecule is COCCOCc1nc(C2CCN(C(=O)C3CCCC3)CC2)no1. The van der Waals surface area contributed by atoms with Gasteiger partial charge in [0.15, 0.2) is 5.82 Å². The molecule has 2 heterocycles. The molecule has 1 aliphatic carbocycles. The van der Waals surface area contributed by atoms with Gasteiger partial charge in [-0.05, 0) is 25.7 Å². The Morgan fingerprint density at radius 2 is 1.96 bits per heavy atom. The van der Waals surface area contributed by atoms with Gasteiger partial charge < -0.3 is 18.9 Å². The molecule has 7 nitrogen and oxygen atoms in total. The Hall–Kier alpha value is -1.47. The molecule has 0 N–H and O–H groups in total. The molecule has 1 saturated heterocycles. The lowest BCUT2D eigenvalue weighted by molar-refractivity contribution is -0.136. The third-order valence-electron chi connectivity index (χ3n) is 5.02. The van der Waals surface area contributed by atoms with Gasteiger partial charge in [-0.2, -0.15) is 4.98 Å². The summed E-state index contributed by atoms with van der Waals surface area (Å²) < 4.78 is 15.6. The summed E-state index contributed by atoms with van der Waals surface area (Å²) >= 11 is 0. The number of carbonyl (C=O) groups is 1. The number of amides is 1. The van der Waals surface area contributed by atoms with Crippen molar-refractivity contribution in [3.63, 3.8) is 0 Å². The number of rotatable bonds is 7. The maximum absolute atomic E-state index is 12.5. The molecule has 2 fully saturated rings. The van der Waals surface area contributed by atoms with E-state index < -0.39 is 0 Å². The van der Waals surface area contributed by atoms with Gasteiger partial charge in [-0.15, -0.1) is 0 Å². The van der Waals surface area contributed by atoms with E-state index in [2.05, 4.69) is 10.1 Å². The Balaban J connectivity index is 1.44. The lowest BCUT2D eigenvalue weighted by Gasteiger charge is -2.32. The Morgan fingerprint density at radius 1 is 1.21 bits per heavy atom. The summed E-state index contributed by atoms with van der Waals surface area (Å²) in [5.74, 6) is 2.14. The van der Waals surface area contributed by atoms with E-state index in [0.717, 1.165) is 44.6 Å². The number of piperidine rings is 1. The van der Waals surface area contributed by atoms with Crippen molar-refractivity contribution < 1.29 is 18.8 Å². The smallest absolute Gasteiger partial charge is 0.252 e. The highest BCUT2D eigenvalue weighted by Crippen LogP contribution is 2.30. The lowest BCUT2D eigenvalue weighted by atomic mass is 9.95. The predicted octanol–water partition coefficient (Wildman–Crippen LogP) is 2.13. The van der Waals surface area contributed by atoms with Gasteiger partial charge in [0.1, 0.15) is 6.61 Å². The van der Waals surface area contributed by atoms with Gasteiger partial charge in [-0.3, -0.25) is 4.79 Å². The largest absolute Gasteiger partial charge is 0.382 e. The van der Waals surface area contributed by atoms with Crippen molar-refractivity contribution in [2.45, 2.75) is 51.0 Å². The molecule has 0 bridgehead atoms. The van der Waals surface area contributed by atoms with Crippen molar-refractivity contribution >= 4 is 5.91 Å². The highest BCUT2D eigenvalue weighted by atomic mass is 16.5. The van der Waals surface area contributed by atoms with E-state index in [1.165, 1.54) is 12.8 Å². The number of nitrogens with zero attached hydrogens (tertiary/aromatic N) is 3. The molecule has 1 aliphatic heterocycles. The van der Waals surface area contributed by atoms with Crippen molar-refractivity contribution in [3.8, 4) is 0 Å². The van der Waals surface area contributed by atoms with Crippen LogP contribution < -0.4 is 0 Å². The standard InChI is InChI=1S/C17H27N3O4/c1-22-10-11-23-12-15-18-16(19-24-15)13-6-8-20(9-7-13)17(21)14-4-2-3-5-14/h13-14H,2-12H2,1H3. The summed E-state index contributed by atoms with van der Waals surface area (Å²) in [6.07, 6.45) is 6.34. The molecule has 3 rings (SSSR count). The van der Waals surface area contributed by atoms with Crippen molar-refractivity contribution in [1.29, 1.82) is 0 Å². The third-order valence-corrected chi connectivity index (χ3v) is 5.02. The first-order valence-corrected chi connectivity index (χ1v) is 8.96. The molecule has 1 aromatic rings. The Bertz CT molecular complexity index is 520. The van der Waals surface area contributed by atoms with Crippen LogP contribution in [0.2, 0.25) is 0 Å². The first-order valence-electron chi connectivity index (χ1n) is 8.96. The van der Waals surface area contributed by atoms with Gasteiger partial charge in [0, 0.05) is 32.0 Å². The van der Waals surface area contributed by atoms with Crippen LogP contribution in [0.15, 0.2) is 4.52 Å². The third kappa shape index (κ3) is 4.33.